The van der Waals surface area contributed by atoms with Gasteiger partial charge in [-0.2, -0.15) is 0 Å². The Morgan fingerprint density at radius 1 is 0.952 bits per heavy atom. The molecule has 0 amide bonds. The molecule has 1 heterocycles. The second-order valence-electron chi connectivity index (χ2n) is 5.87. The molecule has 0 bridgehead atoms. The fourth-order valence-corrected chi connectivity index (χ4v) is 3.19. The smallest absolute Gasteiger partial charge is 0.0521 e. The van der Waals surface area contributed by atoms with Gasteiger partial charge < -0.3 is 4.57 Å². The highest BCUT2D eigenvalue weighted by atomic mass is 15.0. The Bertz CT molecular complexity index is 765. The molecule has 0 saturated carbocycles. The van der Waals surface area contributed by atoms with E-state index < -0.39 is 0 Å². The summed E-state index contributed by atoms with van der Waals surface area (Å²) in [4.78, 5) is 0. The highest BCUT2D eigenvalue weighted by Gasteiger charge is 2.14. The molecule has 0 saturated heterocycles. The van der Waals surface area contributed by atoms with Crippen LogP contribution in [0, 0.1) is 13.8 Å². The maximum absolute atomic E-state index is 2.50. The van der Waals surface area contributed by atoms with E-state index in [1.807, 2.05) is 0 Å². The molecule has 0 N–H and O–H groups in total. The van der Waals surface area contributed by atoms with E-state index in [2.05, 4.69) is 73.9 Å². The summed E-state index contributed by atoms with van der Waals surface area (Å²) in [5.74, 6) is 0. The van der Waals surface area contributed by atoms with Crippen molar-refractivity contribution in [1.82, 2.24) is 4.57 Å². The summed E-state index contributed by atoms with van der Waals surface area (Å²) >= 11 is 0. The van der Waals surface area contributed by atoms with Crippen molar-refractivity contribution in [3.8, 4) is 11.3 Å². The zero-order chi connectivity index (χ0) is 14.8. The number of unbranched alkanes of at least 4 members (excludes halogenated alkanes) is 1. The molecule has 1 nitrogen and oxygen atoms in total. The largest absolute Gasteiger partial charge is 0.340 e. The minimum atomic E-state index is 1.09. The molecule has 21 heavy (non-hydrogen) atoms. The Morgan fingerprint density at radius 3 is 2.52 bits per heavy atom. The maximum Gasteiger partial charge on any atom is 0.0521 e. The van der Waals surface area contributed by atoms with Gasteiger partial charge in [0.2, 0.25) is 0 Å². The summed E-state index contributed by atoms with van der Waals surface area (Å²) in [6, 6.07) is 17.6. The van der Waals surface area contributed by atoms with Gasteiger partial charge in [0.15, 0.2) is 0 Å². The number of fused-ring (bicyclic) bond motifs is 1. The lowest BCUT2D eigenvalue weighted by atomic mass is 10.0. The molecule has 1 aromatic heterocycles. The zero-order valence-electron chi connectivity index (χ0n) is 13.2. The van der Waals surface area contributed by atoms with Gasteiger partial charge in [-0.3, -0.25) is 0 Å². The second-order valence-corrected chi connectivity index (χ2v) is 5.87. The first kappa shape index (κ1) is 13.9. The predicted molar refractivity (Wildman–Crippen MR) is 91.8 cm³/mol. The van der Waals surface area contributed by atoms with Crippen molar-refractivity contribution >= 4 is 10.9 Å². The lowest BCUT2D eigenvalue weighted by Gasteiger charge is -2.12. The summed E-state index contributed by atoms with van der Waals surface area (Å²) in [5, 5.41) is 1.38. The summed E-state index contributed by atoms with van der Waals surface area (Å²) in [6.45, 7) is 7.76. The molecule has 3 aromatic rings. The van der Waals surface area contributed by atoms with E-state index in [1.54, 1.807) is 0 Å². The van der Waals surface area contributed by atoms with Crippen molar-refractivity contribution in [2.75, 3.05) is 0 Å². The molecule has 0 aliphatic heterocycles. The standard InChI is InChI=1S/C20H23N/c1-4-5-13-21-19-12-7-6-11-18(19)16(3)20(21)17-10-8-9-15(2)14-17/h6-12,14H,4-5,13H2,1-3H3. The number of aromatic nitrogens is 1. The third-order valence-electron chi connectivity index (χ3n) is 4.25. The van der Waals surface area contributed by atoms with Gasteiger partial charge in [-0.05, 0) is 43.5 Å². The van der Waals surface area contributed by atoms with Crippen LogP contribution in [0.4, 0.5) is 0 Å². The van der Waals surface area contributed by atoms with Gasteiger partial charge in [-0.1, -0.05) is 55.3 Å². The van der Waals surface area contributed by atoms with Crippen molar-refractivity contribution in [3.63, 3.8) is 0 Å². The van der Waals surface area contributed by atoms with Crippen LogP contribution in [-0.2, 0) is 6.54 Å². The van der Waals surface area contributed by atoms with Crippen molar-refractivity contribution in [2.45, 2.75) is 40.2 Å². The molecule has 0 unspecified atom stereocenters. The minimum absolute atomic E-state index is 1.09. The summed E-state index contributed by atoms with van der Waals surface area (Å²) in [5.41, 5.74) is 6.79. The Labute approximate surface area is 127 Å². The Kier molecular flexibility index (Phi) is 3.83. The van der Waals surface area contributed by atoms with E-state index in [0.29, 0.717) is 0 Å². The van der Waals surface area contributed by atoms with Crippen LogP contribution in [0.1, 0.15) is 30.9 Å². The fraction of sp³-hybridized carbons (Fsp3) is 0.300. The van der Waals surface area contributed by atoms with Crippen LogP contribution in [0.25, 0.3) is 22.2 Å². The van der Waals surface area contributed by atoms with Gasteiger partial charge >= 0.3 is 0 Å². The van der Waals surface area contributed by atoms with Gasteiger partial charge in [0.05, 0.1) is 5.69 Å². The first-order valence-electron chi connectivity index (χ1n) is 7.87. The summed E-state index contributed by atoms with van der Waals surface area (Å²) in [6.07, 6.45) is 2.44. The first-order valence-corrected chi connectivity index (χ1v) is 7.87. The van der Waals surface area contributed by atoms with Crippen LogP contribution in [0.5, 0.6) is 0 Å². The Morgan fingerprint density at radius 2 is 1.76 bits per heavy atom. The highest BCUT2D eigenvalue weighted by Crippen LogP contribution is 2.33. The first-order chi connectivity index (χ1) is 10.2. The van der Waals surface area contributed by atoms with E-state index in [-0.39, 0.29) is 0 Å². The van der Waals surface area contributed by atoms with E-state index in [0.717, 1.165) is 6.54 Å². The third kappa shape index (κ3) is 2.49. The molecule has 0 fully saturated rings. The summed E-state index contributed by atoms with van der Waals surface area (Å²) in [7, 11) is 0. The lowest BCUT2D eigenvalue weighted by Crippen LogP contribution is -2.00. The van der Waals surface area contributed by atoms with Gasteiger partial charge in [0.25, 0.3) is 0 Å². The van der Waals surface area contributed by atoms with Crippen LogP contribution in [0.3, 0.4) is 0 Å². The van der Waals surface area contributed by atoms with E-state index >= 15 is 0 Å². The second kappa shape index (κ2) is 5.77. The molecule has 0 aliphatic rings. The molecule has 108 valence electrons. The number of para-hydroxylation sites is 1. The number of aryl methyl sites for hydroxylation is 3. The molecule has 0 spiro atoms. The molecule has 2 aromatic carbocycles. The number of rotatable bonds is 4. The SMILES string of the molecule is CCCCn1c(-c2cccc(C)c2)c(C)c2ccccc21. The van der Waals surface area contributed by atoms with Crippen LogP contribution in [0.2, 0.25) is 0 Å². The minimum Gasteiger partial charge on any atom is -0.340 e. The molecule has 3 rings (SSSR count). The van der Waals surface area contributed by atoms with Crippen LogP contribution < -0.4 is 0 Å². The molecule has 0 radical (unpaired) electrons. The van der Waals surface area contributed by atoms with Crippen molar-refractivity contribution in [2.24, 2.45) is 0 Å². The molecule has 0 aliphatic carbocycles. The maximum atomic E-state index is 2.50. The predicted octanol–water partition coefficient (Wildman–Crippen LogP) is 5.73. The Hall–Kier alpha value is -2.02. The molecular formula is C20H23N. The van der Waals surface area contributed by atoms with Crippen LogP contribution >= 0.6 is 0 Å². The number of benzene rings is 2. The summed E-state index contributed by atoms with van der Waals surface area (Å²) < 4.78 is 2.50. The van der Waals surface area contributed by atoms with E-state index in [1.165, 1.54) is 46.1 Å². The van der Waals surface area contributed by atoms with Crippen molar-refractivity contribution in [3.05, 3.63) is 59.7 Å². The normalized spacial score (nSPS) is 11.2. The lowest BCUT2D eigenvalue weighted by molar-refractivity contribution is 0.654. The molecular weight excluding hydrogens is 254 g/mol. The van der Waals surface area contributed by atoms with Gasteiger partial charge in [0.1, 0.15) is 0 Å². The third-order valence-corrected chi connectivity index (χ3v) is 4.25. The number of nitrogens with zero attached hydrogens (tertiary/aromatic N) is 1. The monoisotopic (exact) mass is 277 g/mol. The average Bonchev–Trinajstić information content (AvgIpc) is 2.78. The Balaban J connectivity index is 2.27. The van der Waals surface area contributed by atoms with Gasteiger partial charge in [-0.15, -0.1) is 0 Å². The van der Waals surface area contributed by atoms with E-state index in [4.69, 9.17) is 0 Å². The average molecular weight is 277 g/mol. The number of hydrogen-bond acceptors (Lipinski definition) is 0. The fourth-order valence-electron chi connectivity index (χ4n) is 3.19. The van der Waals surface area contributed by atoms with Gasteiger partial charge in [-0.25, -0.2) is 0 Å². The van der Waals surface area contributed by atoms with Crippen LogP contribution in [0.15, 0.2) is 48.5 Å². The molecule has 1 heteroatoms. The van der Waals surface area contributed by atoms with Crippen molar-refractivity contribution < 1.29 is 0 Å². The van der Waals surface area contributed by atoms with Crippen molar-refractivity contribution in [1.29, 1.82) is 0 Å². The highest BCUT2D eigenvalue weighted by molar-refractivity contribution is 5.91. The number of hydrogen-bond donors (Lipinski definition) is 0. The van der Waals surface area contributed by atoms with Crippen LogP contribution in [-0.4, -0.2) is 4.57 Å². The topological polar surface area (TPSA) is 4.93 Å². The molecule has 0 atom stereocenters. The van der Waals surface area contributed by atoms with Gasteiger partial charge in [0, 0.05) is 17.4 Å². The quantitative estimate of drug-likeness (QED) is 0.574. The van der Waals surface area contributed by atoms with E-state index in [9.17, 15) is 0 Å². The zero-order valence-corrected chi connectivity index (χ0v) is 13.2.